The molecule has 4 rings (SSSR count). The van der Waals surface area contributed by atoms with Gasteiger partial charge in [-0.3, -0.25) is 10.2 Å². The number of nitrogens with one attached hydrogen (secondary N) is 2. The zero-order valence-corrected chi connectivity index (χ0v) is 14.6. The third kappa shape index (κ3) is 2.60. The molecule has 132 valence electrons. The molecule has 2 aliphatic heterocycles. The van der Waals surface area contributed by atoms with Crippen LogP contribution in [-0.4, -0.2) is 32.4 Å². The number of ketones is 1. The van der Waals surface area contributed by atoms with Gasteiger partial charge in [0, 0.05) is 36.0 Å². The molecule has 0 spiro atoms. The van der Waals surface area contributed by atoms with E-state index < -0.39 is 0 Å². The summed E-state index contributed by atoms with van der Waals surface area (Å²) >= 11 is 0. The van der Waals surface area contributed by atoms with Crippen LogP contribution in [0.3, 0.4) is 0 Å². The van der Waals surface area contributed by atoms with E-state index in [4.69, 9.17) is 14.9 Å². The Kier molecular flexibility index (Phi) is 3.88. The van der Waals surface area contributed by atoms with Gasteiger partial charge in [-0.1, -0.05) is 18.2 Å². The highest BCUT2D eigenvalue weighted by Gasteiger charge is 2.36. The minimum Gasteiger partial charge on any atom is -0.497 e. The number of fused-ring (bicyclic) bond motifs is 1. The van der Waals surface area contributed by atoms with Gasteiger partial charge < -0.3 is 19.7 Å². The van der Waals surface area contributed by atoms with Crippen LogP contribution in [0.25, 0.3) is 0 Å². The average Bonchev–Trinajstić information content (AvgIpc) is 3.21. The standard InChI is InChI=1S/C20H19N3O3/c1-25-14-8-13(9-15(10-14)26-2)23-11-18(24)19(20(23)21)17-7-12-5-3-4-6-16(12)22-17/h3-6,8-10,21-22H,7,11H2,1-2H3. The predicted molar refractivity (Wildman–Crippen MR) is 100 cm³/mol. The van der Waals surface area contributed by atoms with Crippen molar-refractivity contribution < 1.29 is 14.3 Å². The van der Waals surface area contributed by atoms with Gasteiger partial charge in [-0.05, 0) is 11.6 Å². The number of hydrogen-bond acceptors (Lipinski definition) is 5. The van der Waals surface area contributed by atoms with E-state index in [0.717, 1.165) is 16.9 Å². The van der Waals surface area contributed by atoms with E-state index in [1.807, 2.05) is 24.3 Å². The van der Waals surface area contributed by atoms with Crippen molar-refractivity contribution in [3.8, 4) is 11.5 Å². The van der Waals surface area contributed by atoms with Gasteiger partial charge in [0.2, 0.25) is 0 Å². The van der Waals surface area contributed by atoms with Crippen LogP contribution in [0.1, 0.15) is 5.56 Å². The summed E-state index contributed by atoms with van der Waals surface area (Å²) in [7, 11) is 3.15. The zero-order valence-electron chi connectivity index (χ0n) is 14.6. The summed E-state index contributed by atoms with van der Waals surface area (Å²) in [4.78, 5) is 14.4. The highest BCUT2D eigenvalue weighted by molar-refractivity contribution is 6.33. The summed E-state index contributed by atoms with van der Waals surface area (Å²) in [6.07, 6.45) is 0.634. The maximum atomic E-state index is 12.7. The van der Waals surface area contributed by atoms with Crippen molar-refractivity contribution >= 4 is 23.0 Å². The minimum absolute atomic E-state index is 0.0629. The molecule has 0 unspecified atom stereocenters. The van der Waals surface area contributed by atoms with Gasteiger partial charge in [0.1, 0.15) is 17.3 Å². The Bertz CT molecular complexity index is 900. The largest absolute Gasteiger partial charge is 0.497 e. The van der Waals surface area contributed by atoms with E-state index in [0.29, 0.717) is 29.2 Å². The molecular weight excluding hydrogens is 330 g/mol. The van der Waals surface area contributed by atoms with Crippen LogP contribution < -0.4 is 19.7 Å². The topological polar surface area (TPSA) is 74.7 Å². The molecule has 0 atom stereocenters. The van der Waals surface area contributed by atoms with E-state index in [-0.39, 0.29) is 18.2 Å². The summed E-state index contributed by atoms with van der Waals surface area (Å²) in [5, 5.41) is 11.9. The Balaban J connectivity index is 1.70. The van der Waals surface area contributed by atoms with E-state index in [1.54, 1.807) is 37.3 Å². The fraction of sp³-hybridized carbons (Fsp3) is 0.200. The molecule has 1 saturated heterocycles. The van der Waals surface area contributed by atoms with E-state index in [1.165, 1.54) is 0 Å². The van der Waals surface area contributed by atoms with Crippen molar-refractivity contribution in [3.05, 3.63) is 59.3 Å². The summed E-state index contributed by atoms with van der Waals surface area (Å²) < 4.78 is 10.6. The second kappa shape index (κ2) is 6.22. The monoisotopic (exact) mass is 349 g/mol. The third-order valence-corrected chi connectivity index (χ3v) is 4.71. The van der Waals surface area contributed by atoms with Crippen LogP contribution in [0.4, 0.5) is 11.4 Å². The van der Waals surface area contributed by atoms with Crippen LogP contribution in [-0.2, 0) is 11.2 Å². The molecule has 0 bridgehead atoms. The SMILES string of the molecule is COc1cc(OC)cc(N2CC(=O)C(=C3Cc4ccccc4N3)C2=N)c1. The van der Waals surface area contributed by atoms with Crippen molar-refractivity contribution in [3.63, 3.8) is 0 Å². The molecule has 0 aliphatic carbocycles. The normalized spacial score (nSPS) is 18.8. The Morgan fingerprint density at radius 3 is 2.42 bits per heavy atom. The molecule has 0 saturated carbocycles. The Morgan fingerprint density at radius 1 is 1.08 bits per heavy atom. The van der Waals surface area contributed by atoms with Crippen LogP contribution in [0.5, 0.6) is 11.5 Å². The number of carbonyl (C=O) groups is 1. The first kappa shape index (κ1) is 16.2. The van der Waals surface area contributed by atoms with Crippen molar-refractivity contribution in [1.82, 2.24) is 0 Å². The number of rotatable bonds is 3. The summed E-state index contributed by atoms with van der Waals surface area (Å²) in [5.74, 6) is 1.37. The predicted octanol–water partition coefficient (Wildman–Crippen LogP) is 2.99. The number of methoxy groups -OCH3 is 2. The van der Waals surface area contributed by atoms with Gasteiger partial charge in [0.15, 0.2) is 5.78 Å². The number of benzene rings is 2. The average molecular weight is 349 g/mol. The number of allylic oxidation sites excluding steroid dienone is 1. The lowest BCUT2D eigenvalue weighted by Gasteiger charge is -2.19. The Morgan fingerprint density at radius 2 is 1.77 bits per heavy atom. The summed E-state index contributed by atoms with van der Waals surface area (Å²) in [5.41, 5.74) is 4.07. The zero-order chi connectivity index (χ0) is 18.3. The van der Waals surface area contributed by atoms with E-state index in [2.05, 4.69) is 5.32 Å². The lowest BCUT2D eigenvalue weighted by molar-refractivity contribution is -0.113. The minimum atomic E-state index is -0.0629. The van der Waals surface area contributed by atoms with Crippen molar-refractivity contribution in [2.45, 2.75) is 6.42 Å². The molecule has 0 radical (unpaired) electrons. The number of ether oxygens (including phenoxy) is 2. The van der Waals surface area contributed by atoms with Gasteiger partial charge in [-0.2, -0.15) is 0 Å². The molecular formula is C20H19N3O3. The van der Waals surface area contributed by atoms with Crippen LogP contribution in [0, 0.1) is 5.41 Å². The first-order valence-corrected chi connectivity index (χ1v) is 8.31. The molecule has 6 nitrogen and oxygen atoms in total. The lowest BCUT2D eigenvalue weighted by Crippen LogP contribution is -2.24. The second-order valence-corrected chi connectivity index (χ2v) is 6.24. The van der Waals surface area contributed by atoms with Gasteiger partial charge in [0.25, 0.3) is 0 Å². The maximum absolute atomic E-state index is 12.7. The number of nitrogens with zero attached hydrogens (tertiary/aromatic N) is 1. The highest BCUT2D eigenvalue weighted by Crippen LogP contribution is 2.35. The molecule has 2 heterocycles. The quantitative estimate of drug-likeness (QED) is 0.833. The molecule has 6 heteroatoms. The number of carbonyl (C=O) groups excluding carboxylic acids is 1. The van der Waals surface area contributed by atoms with Gasteiger partial charge >= 0.3 is 0 Å². The Hall–Kier alpha value is -3.28. The van der Waals surface area contributed by atoms with Crippen LogP contribution in [0.2, 0.25) is 0 Å². The van der Waals surface area contributed by atoms with Gasteiger partial charge in [-0.25, -0.2) is 0 Å². The van der Waals surface area contributed by atoms with E-state index in [9.17, 15) is 4.79 Å². The molecule has 0 aromatic heterocycles. The molecule has 26 heavy (non-hydrogen) atoms. The first-order valence-electron chi connectivity index (χ1n) is 8.31. The lowest BCUT2D eigenvalue weighted by atomic mass is 10.1. The Labute approximate surface area is 151 Å². The highest BCUT2D eigenvalue weighted by atomic mass is 16.5. The molecule has 0 amide bonds. The molecule has 1 fully saturated rings. The number of amidine groups is 1. The second-order valence-electron chi connectivity index (χ2n) is 6.24. The fourth-order valence-corrected chi connectivity index (χ4v) is 3.39. The molecule has 2 N–H and O–H groups in total. The van der Waals surface area contributed by atoms with Crippen molar-refractivity contribution in [2.75, 3.05) is 31.0 Å². The maximum Gasteiger partial charge on any atom is 0.188 e. The summed E-state index contributed by atoms with van der Waals surface area (Å²) in [6.45, 7) is 0.131. The van der Waals surface area contributed by atoms with Crippen LogP contribution >= 0.6 is 0 Å². The first-order chi connectivity index (χ1) is 12.6. The molecule has 2 aromatic rings. The molecule has 2 aliphatic rings. The molecule has 2 aromatic carbocycles. The number of hydrogen-bond donors (Lipinski definition) is 2. The smallest absolute Gasteiger partial charge is 0.188 e. The number of anilines is 2. The van der Waals surface area contributed by atoms with Crippen molar-refractivity contribution in [2.24, 2.45) is 0 Å². The van der Waals surface area contributed by atoms with Gasteiger partial charge in [0.05, 0.1) is 32.0 Å². The summed E-state index contributed by atoms with van der Waals surface area (Å²) in [6, 6.07) is 13.3. The number of para-hydroxylation sites is 1. The number of Topliss-reactive ketones (excluding diaryl/α,β-unsaturated/α-hetero) is 1. The van der Waals surface area contributed by atoms with E-state index >= 15 is 0 Å². The fourth-order valence-electron chi connectivity index (χ4n) is 3.39. The van der Waals surface area contributed by atoms with Gasteiger partial charge in [-0.15, -0.1) is 0 Å². The van der Waals surface area contributed by atoms with Crippen LogP contribution in [0.15, 0.2) is 53.7 Å². The third-order valence-electron chi connectivity index (χ3n) is 4.71. The van der Waals surface area contributed by atoms with Crippen molar-refractivity contribution in [1.29, 1.82) is 5.41 Å².